The molecule has 0 bridgehead atoms. The van der Waals surface area contributed by atoms with Gasteiger partial charge in [0.15, 0.2) is 0 Å². The minimum absolute atomic E-state index is 0.0965. The number of ether oxygens (including phenoxy) is 2. The van der Waals surface area contributed by atoms with Crippen molar-refractivity contribution >= 4 is 17.7 Å². The van der Waals surface area contributed by atoms with E-state index in [9.17, 15) is 9.59 Å². The van der Waals surface area contributed by atoms with E-state index < -0.39 is 18.0 Å². The average molecular weight is 517 g/mol. The third kappa shape index (κ3) is 8.06. The second kappa shape index (κ2) is 13.6. The molecule has 38 heavy (non-hydrogen) atoms. The number of amides is 2. The molecule has 0 aliphatic carbocycles. The van der Waals surface area contributed by atoms with E-state index in [4.69, 9.17) is 15.2 Å². The quantitative estimate of drug-likeness (QED) is 0.367. The maximum absolute atomic E-state index is 13.4. The zero-order chi connectivity index (χ0) is 26.7. The summed E-state index contributed by atoms with van der Waals surface area (Å²) >= 11 is 0. The summed E-state index contributed by atoms with van der Waals surface area (Å²) in [4.78, 5) is 28.5. The van der Waals surface area contributed by atoms with Crippen LogP contribution in [0.4, 0.5) is 10.5 Å². The highest BCUT2D eigenvalue weighted by Crippen LogP contribution is 2.24. The molecular weight excluding hydrogens is 480 g/mol. The Balaban J connectivity index is 1.47. The van der Waals surface area contributed by atoms with Gasteiger partial charge in [0, 0.05) is 12.2 Å². The van der Waals surface area contributed by atoms with Crippen LogP contribution in [0.1, 0.15) is 35.6 Å². The molecule has 3 aromatic carbocycles. The summed E-state index contributed by atoms with van der Waals surface area (Å²) in [6, 6.07) is 23.0. The minimum Gasteiger partial charge on any atom is -0.493 e. The standard InChI is InChI=1S/C30H36N4O4/c1-34-15-13-23(14-16-34)20-37-27-12-6-10-25(18-27)28(29(35)32-26-11-5-9-24(17-26)19-31)33-30(36)38-21-22-7-3-2-4-8-22/h2-12,17-18,23,28H,13-16,19-21,31H2,1H3,(H,32,35)(H,33,36)/t28-/m0/s1. The molecule has 0 saturated carbocycles. The van der Waals surface area contributed by atoms with Gasteiger partial charge in [0.2, 0.25) is 0 Å². The average Bonchev–Trinajstić information content (AvgIpc) is 2.95. The van der Waals surface area contributed by atoms with E-state index in [0.29, 0.717) is 36.1 Å². The normalized spacial score (nSPS) is 14.9. The Morgan fingerprint density at radius 1 is 0.974 bits per heavy atom. The highest BCUT2D eigenvalue weighted by Gasteiger charge is 2.25. The van der Waals surface area contributed by atoms with E-state index in [1.165, 1.54) is 0 Å². The number of rotatable bonds is 10. The van der Waals surface area contributed by atoms with Crippen LogP contribution in [0.3, 0.4) is 0 Å². The lowest BCUT2D eigenvalue weighted by molar-refractivity contribution is -0.118. The maximum Gasteiger partial charge on any atom is 0.408 e. The number of nitrogens with zero attached hydrogens (tertiary/aromatic N) is 1. The smallest absolute Gasteiger partial charge is 0.408 e. The van der Waals surface area contributed by atoms with Crippen molar-refractivity contribution in [2.24, 2.45) is 11.7 Å². The fourth-order valence-corrected chi connectivity index (χ4v) is 4.40. The lowest BCUT2D eigenvalue weighted by atomic mass is 9.98. The number of carbonyl (C=O) groups is 2. The zero-order valence-corrected chi connectivity index (χ0v) is 21.8. The third-order valence-corrected chi connectivity index (χ3v) is 6.68. The van der Waals surface area contributed by atoms with Gasteiger partial charge >= 0.3 is 6.09 Å². The summed E-state index contributed by atoms with van der Waals surface area (Å²) in [5, 5.41) is 5.62. The van der Waals surface area contributed by atoms with Gasteiger partial charge in [0.05, 0.1) is 6.61 Å². The molecule has 0 spiro atoms. The van der Waals surface area contributed by atoms with Crippen molar-refractivity contribution in [1.82, 2.24) is 10.2 Å². The molecule has 0 radical (unpaired) electrons. The first-order valence-corrected chi connectivity index (χ1v) is 13.0. The van der Waals surface area contributed by atoms with Gasteiger partial charge in [0.25, 0.3) is 5.91 Å². The van der Waals surface area contributed by atoms with Crippen molar-refractivity contribution in [2.45, 2.75) is 32.0 Å². The lowest BCUT2D eigenvalue weighted by Gasteiger charge is -2.28. The second-order valence-electron chi connectivity index (χ2n) is 9.66. The lowest BCUT2D eigenvalue weighted by Crippen LogP contribution is -2.37. The number of anilines is 1. The molecule has 200 valence electrons. The molecule has 2 amide bonds. The predicted octanol–water partition coefficient (Wildman–Crippen LogP) is 4.47. The number of hydrogen-bond donors (Lipinski definition) is 3. The monoisotopic (exact) mass is 516 g/mol. The van der Waals surface area contributed by atoms with Gasteiger partial charge in [-0.25, -0.2) is 4.79 Å². The molecular formula is C30H36N4O4. The van der Waals surface area contributed by atoms with E-state index in [1.807, 2.05) is 60.7 Å². The molecule has 1 aliphatic rings. The van der Waals surface area contributed by atoms with Crippen LogP contribution in [0.25, 0.3) is 0 Å². The Bertz CT molecular complexity index is 1200. The topological polar surface area (TPSA) is 106 Å². The number of carbonyl (C=O) groups excluding carboxylic acids is 2. The number of nitrogens with two attached hydrogens (primary N) is 1. The number of hydrogen-bond acceptors (Lipinski definition) is 6. The Morgan fingerprint density at radius 3 is 2.47 bits per heavy atom. The highest BCUT2D eigenvalue weighted by atomic mass is 16.5. The van der Waals surface area contributed by atoms with E-state index in [1.54, 1.807) is 18.2 Å². The van der Waals surface area contributed by atoms with E-state index in [0.717, 1.165) is 37.1 Å². The van der Waals surface area contributed by atoms with Crippen LogP contribution in [-0.4, -0.2) is 43.6 Å². The van der Waals surface area contributed by atoms with Crippen molar-refractivity contribution in [3.63, 3.8) is 0 Å². The number of likely N-dealkylation sites (tertiary alicyclic amines) is 1. The SMILES string of the molecule is CN1CCC(COc2cccc([C@H](NC(=O)OCc3ccccc3)C(=O)Nc3cccc(CN)c3)c2)CC1. The van der Waals surface area contributed by atoms with Gasteiger partial charge in [-0.1, -0.05) is 54.6 Å². The Hall–Kier alpha value is -3.88. The Kier molecular flexibility index (Phi) is 9.72. The first-order valence-electron chi connectivity index (χ1n) is 13.0. The van der Waals surface area contributed by atoms with Gasteiger partial charge < -0.3 is 30.7 Å². The van der Waals surface area contributed by atoms with Crippen molar-refractivity contribution in [2.75, 3.05) is 32.1 Å². The van der Waals surface area contributed by atoms with Gasteiger partial charge in [-0.15, -0.1) is 0 Å². The Morgan fingerprint density at radius 2 is 1.71 bits per heavy atom. The van der Waals surface area contributed by atoms with Crippen molar-refractivity contribution in [3.05, 3.63) is 95.6 Å². The fraction of sp³-hybridized carbons (Fsp3) is 0.333. The molecule has 3 aromatic rings. The fourth-order valence-electron chi connectivity index (χ4n) is 4.40. The summed E-state index contributed by atoms with van der Waals surface area (Å²) in [5.74, 6) is 0.752. The molecule has 8 heteroatoms. The van der Waals surface area contributed by atoms with Crippen LogP contribution in [-0.2, 0) is 22.7 Å². The number of alkyl carbamates (subject to hydrolysis) is 1. The van der Waals surface area contributed by atoms with Crippen LogP contribution in [0, 0.1) is 5.92 Å². The number of benzene rings is 3. The number of piperidine rings is 1. The summed E-state index contributed by atoms with van der Waals surface area (Å²) in [5.41, 5.74) is 8.68. The van der Waals surface area contributed by atoms with Crippen LogP contribution >= 0.6 is 0 Å². The summed E-state index contributed by atoms with van der Waals surface area (Å²) < 4.78 is 11.5. The first kappa shape index (κ1) is 27.2. The van der Waals surface area contributed by atoms with Crippen LogP contribution in [0.5, 0.6) is 5.75 Å². The molecule has 4 rings (SSSR count). The molecule has 0 aromatic heterocycles. The molecule has 8 nitrogen and oxygen atoms in total. The van der Waals surface area contributed by atoms with Crippen molar-refractivity contribution in [1.29, 1.82) is 0 Å². The summed E-state index contributed by atoms with van der Waals surface area (Å²) in [7, 11) is 2.13. The van der Waals surface area contributed by atoms with Crippen molar-refractivity contribution in [3.8, 4) is 5.75 Å². The molecule has 1 aliphatic heterocycles. The highest BCUT2D eigenvalue weighted by molar-refractivity contribution is 5.97. The molecule has 1 saturated heterocycles. The van der Waals surface area contributed by atoms with Crippen LogP contribution < -0.4 is 21.1 Å². The zero-order valence-electron chi connectivity index (χ0n) is 21.8. The molecule has 1 fully saturated rings. The summed E-state index contributed by atoms with van der Waals surface area (Å²) in [6.07, 6.45) is 1.50. The van der Waals surface area contributed by atoms with E-state index >= 15 is 0 Å². The van der Waals surface area contributed by atoms with E-state index in [-0.39, 0.29) is 6.61 Å². The Labute approximate surface area is 224 Å². The van der Waals surface area contributed by atoms with Gasteiger partial charge in [-0.05, 0) is 79.9 Å². The second-order valence-corrected chi connectivity index (χ2v) is 9.66. The predicted molar refractivity (Wildman–Crippen MR) is 148 cm³/mol. The van der Waals surface area contributed by atoms with E-state index in [2.05, 4.69) is 22.6 Å². The number of nitrogens with one attached hydrogen (secondary N) is 2. The van der Waals surface area contributed by atoms with Crippen LogP contribution in [0.15, 0.2) is 78.9 Å². The third-order valence-electron chi connectivity index (χ3n) is 6.68. The molecule has 4 N–H and O–H groups in total. The summed E-state index contributed by atoms with van der Waals surface area (Å²) in [6.45, 7) is 3.20. The van der Waals surface area contributed by atoms with Crippen molar-refractivity contribution < 1.29 is 19.1 Å². The van der Waals surface area contributed by atoms with Gasteiger partial charge in [-0.2, -0.15) is 0 Å². The molecule has 1 atom stereocenters. The first-order chi connectivity index (χ1) is 18.5. The van der Waals surface area contributed by atoms with Crippen LogP contribution in [0.2, 0.25) is 0 Å². The largest absolute Gasteiger partial charge is 0.493 e. The molecule has 0 unspecified atom stereocenters. The minimum atomic E-state index is -0.994. The van der Waals surface area contributed by atoms with Gasteiger partial charge in [0.1, 0.15) is 18.4 Å². The maximum atomic E-state index is 13.4. The molecule has 1 heterocycles. The van der Waals surface area contributed by atoms with Gasteiger partial charge in [-0.3, -0.25) is 4.79 Å².